The van der Waals surface area contributed by atoms with E-state index in [0.29, 0.717) is 18.5 Å². The first-order chi connectivity index (χ1) is 8.88. The molecule has 1 aromatic rings. The van der Waals surface area contributed by atoms with E-state index in [1.807, 2.05) is 19.3 Å². The molecule has 19 heavy (non-hydrogen) atoms. The van der Waals surface area contributed by atoms with Gasteiger partial charge in [0.2, 0.25) is 0 Å². The van der Waals surface area contributed by atoms with Gasteiger partial charge in [0.25, 0.3) is 5.91 Å². The zero-order chi connectivity index (χ0) is 14.0. The van der Waals surface area contributed by atoms with E-state index in [4.69, 9.17) is 0 Å². The monoisotopic (exact) mass is 284 g/mol. The number of sulfone groups is 1. The highest BCUT2D eigenvalue weighted by atomic mass is 32.2. The van der Waals surface area contributed by atoms with Gasteiger partial charge in [-0.15, -0.1) is 0 Å². The van der Waals surface area contributed by atoms with Crippen molar-refractivity contribution in [2.75, 3.05) is 6.26 Å². The van der Waals surface area contributed by atoms with Crippen molar-refractivity contribution in [3.05, 3.63) is 24.0 Å². The van der Waals surface area contributed by atoms with Gasteiger partial charge in [-0.05, 0) is 31.4 Å². The van der Waals surface area contributed by atoms with Gasteiger partial charge in [0.05, 0.1) is 5.25 Å². The first kappa shape index (κ1) is 14.1. The molecule has 0 unspecified atom stereocenters. The Morgan fingerprint density at radius 2 is 2.16 bits per heavy atom. The lowest BCUT2D eigenvalue weighted by molar-refractivity contribution is 0.0919. The predicted octanol–water partition coefficient (Wildman–Crippen LogP) is 1.11. The fourth-order valence-corrected chi connectivity index (χ4v) is 3.80. The number of hydrogen-bond donors (Lipinski definition) is 1. The van der Waals surface area contributed by atoms with E-state index >= 15 is 0 Å². The number of amides is 1. The van der Waals surface area contributed by atoms with Crippen LogP contribution >= 0.6 is 0 Å². The molecule has 2 atom stereocenters. The predicted molar refractivity (Wildman–Crippen MR) is 73.8 cm³/mol. The summed E-state index contributed by atoms with van der Waals surface area (Å²) in [5.41, 5.74) is 0.599. The quantitative estimate of drug-likeness (QED) is 0.904. The van der Waals surface area contributed by atoms with Crippen molar-refractivity contribution in [1.29, 1.82) is 0 Å². The van der Waals surface area contributed by atoms with E-state index < -0.39 is 9.84 Å². The van der Waals surface area contributed by atoms with E-state index in [2.05, 4.69) is 5.32 Å². The Hall–Kier alpha value is -1.30. The number of nitrogens with zero attached hydrogens (tertiary/aromatic N) is 1. The summed E-state index contributed by atoms with van der Waals surface area (Å²) in [6.07, 6.45) is 6.01. The highest BCUT2D eigenvalue weighted by Gasteiger charge is 2.29. The second-order valence-electron chi connectivity index (χ2n) is 5.29. The van der Waals surface area contributed by atoms with Crippen molar-refractivity contribution in [3.63, 3.8) is 0 Å². The van der Waals surface area contributed by atoms with Crippen LogP contribution in [0.5, 0.6) is 0 Å². The summed E-state index contributed by atoms with van der Waals surface area (Å²) < 4.78 is 24.9. The van der Waals surface area contributed by atoms with Crippen molar-refractivity contribution in [2.45, 2.75) is 37.0 Å². The van der Waals surface area contributed by atoms with Gasteiger partial charge in [0.1, 0.15) is 15.5 Å². The average molecular weight is 284 g/mol. The van der Waals surface area contributed by atoms with Crippen molar-refractivity contribution in [1.82, 2.24) is 9.88 Å². The summed E-state index contributed by atoms with van der Waals surface area (Å²) >= 11 is 0. The minimum Gasteiger partial charge on any atom is -0.348 e. The maximum absolute atomic E-state index is 12.1. The third-order valence-corrected chi connectivity index (χ3v) is 5.38. The third kappa shape index (κ3) is 3.37. The van der Waals surface area contributed by atoms with Gasteiger partial charge >= 0.3 is 0 Å². The Kier molecular flexibility index (Phi) is 3.99. The highest BCUT2D eigenvalue weighted by molar-refractivity contribution is 7.91. The summed E-state index contributed by atoms with van der Waals surface area (Å²) in [5, 5.41) is 2.62. The number of rotatable bonds is 3. The molecule has 1 aliphatic carbocycles. The molecule has 1 N–H and O–H groups in total. The molecule has 2 rings (SSSR count). The van der Waals surface area contributed by atoms with Crippen LogP contribution in [0.3, 0.4) is 0 Å². The lowest BCUT2D eigenvalue weighted by Crippen LogP contribution is -2.42. The zero-order valence-corrected chi connectivity index (χ0v) is 12.1. The Balaban J connectivity index is 2.00. The van der Waals surface area contributed by atoms with E-state index in [1.54, 1.807) is 10.6 Å². The van der Waals surface area contributed by atoms with Gasteiger partial charge in [0.15, 0.2) is 0 Å². The molecule has 0 bridgehead atoms. The smallest absolute Gasteiger partial charge is 0.268 e. The molecule has 0 aromatic carbocycles. The van der Waals surface area contributed by atoms with Crippen LogP contribution < -0.4 is 5.32 Å². The normalized spacial score (nSPS) is 24.1. The fourth-order valence-electron chi connectivity index (χ4n) is 2.62. The molecule has 1 amide bonds. The number of carbonyl (C=O) groups excluding carboxylic acids is 1. The number of aromatic nitrogens is 1. The minimum atomic E-state index is -3.01. The largest absolute Gasteiger partial charge is 0.348 e. The van der Waals surface area contributed by atoms with Gasteiger partial charge in [-0.1, -0.05) is 6.42 Å². The van der Waals surface area contributed by atoms with E-state index in [9.17, 15) is 13.2 Å². The number of carbonyl (C=O) groups is 1. The van der Waals surface area contributed by atoms with Crippen molar-refractivity contribution in [3.8, 4) is 0 Å². The topological polar surface area (TPSA) is 68.2 Å². The maximum Gasteiger partial charge on any atom is 0.268 e. The molecule has 1 saturated carbocycles. The molecule has 0 spiro atoms. The van der Waals surface area contributed by atoms with Gasteiger partial charge in [-0.3, -0.25) is 4.79 Å². The Morgan fingerprint density at radius 1 is 1.42 bits per heavy atom. The maximum atomic E-state index is 12.1. The molecular formula is C13H20N2O3S. The van der Waals surface area contributed by atoms with Crippen LogP contribution in [0.1, 0.15) is 36.2 Å². The van der Waals surface area contributed by atoms with Crippen LogP contribution in [0, 0.1) is 0 Å². The Bertz CT molecular complexity index is 562. The van der Waals surface area contributed by atoms with Crippen molar-refractivity contribution < 1.29 is 13.2 Å². The second-order valence-corrected chi connectivity index (χ2v) is 7.62. The standard InChI is InChI=1S/C13H20N2O3S/c1-15-8-4-7-12(15)13(16)14-10-5-3-6-11(9-10)19(2,17)18/h4,7-8,10-11H,3,5-6,9H2,1-2H3,(H,14,16)/t10-,11+/m1/s1. The van der Waals surface area contributed by atoms with Gasteiger partial charge in [-0.25, -0.2) is 8.42 Å². The van der Waals surface area contributed by atoms with Crippen molar-refractivity contribution in [2.24, 2.45) is 7.05 Å². The van der Waals surface area contributed by atoms with Crippen LogP contribution in [0.4, 0.5) is 0 Å². The SMILES string of the molecule is Cn1cccc1C(=O)N[C@@H]1CCC[C@H](S(C)(=O)=O)C1. The number of hydrogen-bond acceptors (Lipinski definition) is 3. The van der Waals surface area contributed by atoms with E-state index in [0.717, 1.165) is 12.8 Å². The molecule has 0 radical (unpaired) electrons. The first-order valence-corrected chi connectivity index (χ1v) is 8.44. The summed E-state index contributed by atoms with van der Waals surface area (Å²) in [7, 11) is -1.20. The van der Waals surface area contributed by atoms with Crippen LogP contribution in [0.25, 0.3) is 0 Å². The van der Waals surface area contributed by atoms with E-state index in [1.165, 1.54) is 6.26 Å². The lowest BCUT2D eigenvalue weighted by atomic mass is 9.95. The van der Waals surface area contributed by atoms with Gasteiger partial charge in [0, 0.05) is 25.5 Å². The Labute approximate surface area is 113 Å². The molecular weight excluding hydrogens is 264 g/mol. The first-order valence-electron chi connectivity index (χ1n) is 6.49. The number of aryl methyl sites for hydroxylation is 1. The molecule has 0 aliphatic heterocycles. The summed E-state index contributed by atoms with van der Waals surface area (Å²) in [5.74, 6) is -0.133. The number of nitrogens with one attached hydrogen (secondary N) is 1. The molecule has 1 heterocycles. The third-order valence-electron chi connectivity index (χ3n) is 3.74. The summed E-state index contributed by atoms with van der Waals surface area (Å²) in [6, 6.07) is 3.53. The van der Waals surface area contributed by atoms with Crippen molar-refractivity contribution >= 4 is 15.7 Å². The molecule has 1 fully saturated rings. The van der Waals surface area contributed by atoms with Crippen LogP contribution in [-0.2, 0) is 16.9 Å². The fraction of sp³-hybridized carbons (Fsp3) is 0.615. The highest BCUT2D eigenvalue weighted by Crippen LogP contribution is 2.24. The molecule has 1 aromatic heterocycles. The molecule has 5 nitrogen and oxygen atoms in total. The minimum absolute atomic E-state index is 0.0455. The molecule has 0 saturated heterocycles. The van der Waals surface area contributed by atoms with E-state index in [-0.39, 0.29) is 17.2 Å². The molecule has 1 aliphatic rings. The summed E-state index contributed by atoms with van der Waals surface area (Å²) in [6.45, 7) is 0. The second kappa shape index (κ2) is 5.36. The Morgan fingerprint density at radius 3 is 2.74 bits per heavy atom. The lowest BCUT2D eigenvalue weighted by Gasteiger charge is -2.28. The average Bonchev–Trinajstić information content (AvgIpc) is 2.75. The van der Waals surface area contributed by atoms with Crippen LogP contribution in [0.15, 0.2) is 18.3 Å². The van der Waals surface area contributed by atoms with Crippen LogP contribution in [0.2, 0.25) is 0 Å². The summed E-state index contributed by atoms with van der Waals surface area (Å²) in [4.78, 5) is 12.1. The van der Waals surface area contributed by atoms with Gasteiger partial charge < -0.3 is 9.88 Å². The zero-order valence-electron chi connectivity index (χ0n) is 11.3. The molecule has 6 heteroatoms. The van der Waals surface area contributed by atoms with Crippen LogP contribution in [-0.4, -0.2) is 36.4 Å². The molecule has 106 valence electrons. The van der Waals surface area contributed by atoms with Gasteiger partial charge in [-0.2, -0.15) is 0 Å².